The smallest absolute Gasteiger partial charge is 0.375 e. The molecule has 0 radical (unpaired) electrons. The Morgan fingerprint density at radius 3 is 3.00 bits per heavy atom. The van der Waals surface area contributed by atoms with E-state index in [0.29, 0.717) is 5.82 Å². The number of aryl methyl sites for hydroxylation is 1. The molecule has 1 aromatic carbocycles. The first-order chi connectivity index (χ1) is 8.65. The number of aromatic carboxylic acids is 1. The van der Waals surface area contributed by atoms with Gasteiger partial charge in [0, 0.05) is 0 Å². The van der Waals surface area contributed by atoms with Crippen LogP contribution in [0.1, 0.15) is 16.4 Å². The number of thiazole rings is 1. The van der Waals surface area contributed by atoms with Crippen molar-refractivity contribution in [1.82, 2.24) is 19.7 Å². The Labute approximate surface area is 106 Å². The summed E-state index contributed by atoms with van der Waals surface area (Å²) >= 11 is 1.53. The number of benzene rings is 1. The van der Waals surface area contributed by atoms with E-state index in [0.717, 1.165) is 15.9 Å². The Balaban J connectivity index is 2.15. The normalized spacial score (nSPS) is 10.9. The largest absolute Gasteiger partial charge is 0.475 e. The third-order valence-corrected chi connectivity index (χ3v) is 3.31. The van der Waals surface area contributed by atoms with Crippen LogP contribution in [0, 0.1) is 6.92 Å². The highest BCUT2D eigenvalue weighted by atomic mass is 32.1. The molecule has 0 bridgehead atoms. The average Bonchev–Trinajstić information content (AvgIpc) is 2.93. The fourth-order valence-corrected chi connectivity index (χ4v) is 2.41. The second kappa shape index (κ2) is 3.88. The number of carboxylic acids is 1. The lowest BCUT2D eigenvalue weighted by Gasteiger charge is -2.01. The van der Waals surface area contributed by atoms with Crippen LogP contribution in [0.25, 0.3) is 15.9 Å². The summed E-state index contributed by atoms with van der Waals surface area (Å²) in [5.41, 5.74) is 3.47. The Morgan fingerprint density at radius 1 is 1.44 bits per heavy atom. The van der Waals surface area contributed by atoms with Crippen molar-refractivity contribution in [3.63, 3.8) is 0 Å². The molecule has 0 unspecified atom stereocenters. The minimum atomic E-state index is -1.13. The Morgan fingerprint density at radius 2 is 2.28 bits per heavy atom. The molecule has 18 heavy (non-hydrogen) atoms. The SMILES string of the molecule is Cc1nc(C(=O)O)nn1-c1ccc2ncsc2c1. The van der Waals surface area contributed by atoms with E-state index in [4.69, 9.17) is 5.11 Å². The van der Waals surface area contributed by atoms with Crippen molar-refractivity contribution in [2.75, 3.05) is 0 Å². The minimum Gasteiger partial charge on any atom is -0.475 e. The molecule has 0 saturated heterocycles. The van der Waals surface area contributed by atoms with Crippen LogP contribution in [0.3, 0.4) is 0 Å². The van der Waals surface area contributed by atoms with Crippen LogP contribution in [0.4, 0.5) is 0 Å². The van der Waals surface area contributed by atoms with E-state index >= 15 is 0 Å². The van der Waals surface area contributed by atoms with Crippen molar-refractivity contribution >= 4 is 27.5 Å². The maximum absolute atomic E-state index is 10.8. The lowest BCUT2D eigenvalue weighted by Crippen LogP contribution is -2.02. The molecule has 0 atom stereocenters. The molecule has 3 rings (SSSR count). The number of carboxylic acid groups (broad SMARTS) is 1. The van der Waals surface area contributed by atoms with Gasteiger partial charge in [-0.05, 0) is 25.1 Å². The number of hydrogen-bond acceptors (Lipinski definition) is 5. The highest BCUT2D eigenvalue weighted by molar-refractivity contribution is 7.16. The standard InChI is InChI=1S/C11H8N4O2S/c1-6-13-10(11(16)17)14-15(6)7-2-3-8-9(4-7)18-5-12-8/h2-5H,1H3,(H,16,17). The van der Waals surface area contributed by atoms with Crippen molar-refractivity contribution < 1.29 is 9.90 Å². The number of carbonyl (C=O) groups is 1. The number of nitrogens with zero attached hydrogens (tertiary/aromatic N) is 4. The van der Waals surface area contributed by atoms with Crippen LogP contribution in [-0.2, 0) is 0 Å². The van der Waals surface area contributed by atoms with Crippen LogP contribution in [0.5, 0.6) is 0 Å². The topological polar surface area (TPSA) is 80.9 Å². The third-order valence-electron chi connectivity index (χ3n) is 2.52. The third kappa shape index (κ3) is 1.65. The summed E-state index contributed by atoms with van der Waals surface area (Å²) in [4.78, 5) is 18.9. The van der Waals surface area contributed by atoms with Gasteiger partial charge in [0.15, 0.2) is 0 Å². The summed E-state index contributed by atoms with van der Waals surface area (Å²) in [6.07, 6.45) is 0. The van der Waals surface area contributed by atoms with Crippen LogP contribution < -0.4 is 0 Å². The number of hydrogen-bond donors (Lipinski definition) is 1. The second-order valence-electron chi connectivity index (χ2n) is 3.70. The second-order valence-corrected chi connectivity index (χ2v) is 4.59. The van der Waals surface area contributed by atoms with Crippen molar-refractivity contribution in [2.24, 2.45) is 0 Å². The lowest BCUT2D eigenvalue weighted by atomic mass is 10.3. The van der Waals surface area contributed by atoms with Gasteiger partial charge in [-0.2, -0.15) is 0 Å². The maximum atomic E-state index is 10.8. The fourth-order valence-electron chi connectivity index (χ4n) is 1.70. The van der Waals surface area contributed by atoms with Crippen molar-refractivity contribution in [1.29, 1.82) is 0 Å². The molecule has 0 fully saturated rings. The fraction of sp³-hybridized carbons (Fsp3) is 0.0909. The number of aromatic nitrogens is 4. The Hall–Kier alpha value is -2.28. The Kier molecular flexibility index (Phi) is 2.34. The van der Waals surface area contributed by atoms with Gasteiger partial charge in [0.05, 0.1) is 21.4 Å². The first-order valence-electron chi connectivity index (χ1n) is 5.16. The predicted octanol–water partition coefficient (Wildman–Crippen LogP) is 1.88. The van der Waals surface area contributed by atoms with Crippen molar-refractivity contribution in [3.05, 3.63) is 35.4 Å². The molecule has 0 spiro atoms. The van der Waals surface area contributed by atoms with Crippen molar-refractivity contribution in [2.45, 2.75) is 6.92 Å². The van der Waals surface area contributed by atoms with E-state index in [9.17, 15) is 4.79 Å². The summed E-state index contributed by atoms with van der Waals surface area (Å²) in [6, 6.07) is 5.64. The zero-order valence-electron chi connectivity index (χ0n) is 9.36. The molecule has 0 aliphatic heterocycles. The van der Waals surface area contributed by atoms with E-state index in [1.54, 1.807) is 12.4 Å². The molecule has 3 aromatic rings. The first kappa shape index (κ1) is 10.8. The maximum Gasteiger partial charge on any atom is 0.375 e. The zero-order chi connectivity index (χ0) is 12.7. The van der Waals surface area contributed by atoms with Gasteiger partial charge in [-0.25, -0.2) is 19.4 Å². The molecule has 0 aliphatic carbocycles. The van der Waals surface area contributed by atoms with Gasteiger partial charge in [0.1, 0.15) is 5.82 Å². The van der Waals surface area contributed by atoms with E-state index in [2.05, 4.69) is 15.1 Å². The van der Waals surface area contributed by atoms with Crippen LogP contribution in [0.15, 0.2) is 23.7 Å². The molecule has 0 amide bonds. The van der Waals surface area contributed by atoms with E-state index < -0.39 is 5.97 Å². The highest BCUT2D eigenvalue weighted by Crippen LogP contribution is 2.21. The molecular formula is C11H8N4O2S. The summed E-state index contributed by atoms with van der Waals surface area (Å²) in [5.74, 6) is -0.788. The van der Waals surface area contributed by atoms with Gasteiger partial charge in [0.25, 0.3) is 5.82 Å². The van der Waals surface area contributed by atoms with Gasteiger partial charge in [0.2, 0.25) is 0 Å². The first-order valence-corrected chi connectivity index (χ1v) is 6.04. The van der Waals surface area contributed by atoms with Gasteiger partial charge in [-0.15, -0.1) is 16.4 Å². The molecule has 0 aliphatic rings. The van der Waals surface area contributed by atoms with Crippen LogP contribution in [0.2, 0.25) is 0 Å². The zero-order valence-corrected chi connectivity index (χ0v) is 10.2. The number of rotatable bonds is 2. The average molecular weight is 260 g/mol. The molecular weight excluding hydrogens is 252 g/mol. The highest BCUT2D eigenvalue weighted by Gasteiger charge is 2.14. The molecule has 1 N–H and O–H groups in total. The summed E-state index contributed by atoms with van der Waals surface area (Å²) in [6.45, 7) is 1.72. The molecule has 2 aromatic heterocycles. The molecule has 90 valence electrons. The van der Waals surface area contributed by atoms with E-state index in [1.165, 1.54) is 16.0 Å². The van der Waals surface area contributed by atoms with Crippen molar-refractivity contribution in [3.8, 4) is 5.69 Å². The summed E-state index contributed by atoms with van der Waals surface area (Å²) in [5, 5.41) is 12.8. The van der Waals surface area contributed by atoms with Crippen LogP contribution >= 0.6 is 11.3 Å². The molecule has 7 heteroatoms. The lowest BCUT2D eigenvalue weighted by molar-refractivity contribution is 0.0683. The van der Waals surface area contributed by atoms with Crippen LogP contribution in [-0.4, -0.2) is 30.8 Å². The minimum absolute atomic E-state index is 0.197. The Bertz CT molecular complexity index is 746. The predicted molar refractivity (Wildman–Crippen MR) is 66.2 cm³/mol. The van der Waals surface area contributed by atoms with E-state index in [1.807, 2.05) is 18.2 Å². The van der Waals surface area contributed by atoms with Gasteiger partial charge in [-0.3, -0.25) is 0 Å². The van der Waals surface area contributed by atoms with Gasteiger partial charge < -0.3 is 5.11 Å². The van der Waals surface area contributed by atoms with E-state index in [-0.39, 0.29) is 5.82 Å². The number of fused-ring (bicyclic) bond motifs is 1. The summed E-state index contributed by atoms with van der Waals surface area (Å²) in [7, 11) is 0. The quantitative estimate of drug-likeness (QED) is 0.760. The van der Waals surface area contributed by atoms with Gasteiger partial charge in [-0.1, -0.05) is 0 Å². The monoisotopic (exact) mass is 260 g/mol. The summed E-state index contributed by atoms with van der Waals surface area (Å²) < 4.78 is 2.54. The molecule has 2 heterocycles. The molecule has 6 nitrogen and oxygen atoms in total. The van der Waals surface area contributed by atoms with Gasteiger partial charge >= 0.3 is 5.97 Å². The molecule has 0 saturated carbocycles.